The van der Waals surface area contributed by atoms with Gasteiger partial charge in [0.2, 0.25) is 5.95 Å². The summed E-state index contributed by atoms with van der Waals surface area (Å²) in [6, 6.07) is 6.11. The molecule has 0 atom stereocenters. The molecule has 1 fully saturated rings. The summed E-state index contributed by atoms with van der Waals surface area (Å²) < 4.78 is 0. The van der Waals surface area contributed by atoms with Crippen LogP contribution in [0.5, 0.6) is 0 Å². The second-order valence-corrected chi connectivity index (χ2v) is 7.25. The van der Waals surface area contributed by atoms with Gasteiger partial charge in [-0.3, -0.25) is 14.8 Å². The Morgan fingerprint density at radius 2 is 1.88 bits per heavy atom. The lowest BCUT2D eigenvalue weighted by Crippen LogP contribution is -2.47. The number of nitrogens with zero attached hydrogens (tertiary/aromatic N) is 6. The van der Waals surface area contributed by atoms with Gasteiger partial charge in [0, 0.05) is 70.2 Å². The SMILES string of the molecule is CCCN1CCN(c2ncc3c(n2)CCN(Cc2ccccn2)C3)CC1. The molecule has 0 unspecified atom stereocenters. The highest BCUT2D eigenvalue weighted by atomic mass is 15.3. The van der Waals surface area contributed by atoms with E-state index in [2.05, 4.69) is 43.7 Å². The average molecular weight is 352 g/mol. The highest BCUT2D eigenvalue weighted by Crippen LogP contribution is 2.21. The summed E-state index contributed by atoms with van der Waals surface area (Å²) in [5.74, 6) is 0.915. The number of aromatic nitrogens is 3. The predicted molar refractivity (Wildman–Crippen MR) is 103 cm³/mol. The number of anilines is 1. The quantitative estimate of drug-likeness (QED) is 0.820. The molecule has 2 aromatic rings. The average Bonchev–Trinajstić information content (AvgIpc) is 2.69. The van der Waals surface area contributed by atoms with Gasteiger partial charge in [0.05, 0.1) is 11.4 Å². The molecule has 6 heteroatoms. The molecule has 0 aliphatic carbocycles. The first kappa shape index (κ1) is 17.4. The molecule has 4 rings (SSSR count). The number of piperazine rings is 1. The van der Waals surface area contributed by atoms with Gasteiger partial charge in [0.25, 0.3) is 0 Å². The van der Waals surface area contributed by atoms with Crippen molar-refractivity contribution in [1.29, 1.82) is 0 Å². The Hall–Kier alpha value is -2.05. The molecule has 0 radical (unpaired) electrons. The van der Waals surface area contributed by atoms with Crippen LogP contribution in [0.15, 0.2) is 30.6 Å². The Kier molecular flexibility index (Phi) is 5.41. The summed E-state index contributed by atoms with van der Waals surface area (Å²) in [4.78, 5) is 21.3. The van der Waals surface area contributed by atoms with Crippen molar-refractivity contribution in [3.63, 3.8) is 0 Å². The maximum atomic E-state index is 4.90. The molecule has 138 valence electrons. The zero-order valence-corrected chi connectivity index (χ0v) is 15.6. The molecule has 1 saturated heterocycles. The molecule has 0 aromatic carbocycles. The molecule has 0 amide bonds. The van der Waals surface area contributed by atoms with Crippen LogP contribution in [0.1, 0.15) is 30.3 Å². The van der Waals surface area contributed by atoms with Crippen LogP contribution in [0.4, 0.5) is 5.95 Å². The van der Waals surface area contributed by atoms with E-state index in [1.165, 1.54) is 24.2 Å². The van der Waals surface area contributed by atoms with Crippen molar-refractivity contribution >= 4 is 5.95 Å². The van der Waals surface area contributed by atoms with Gasteiger partial charge in [-0.15, -0.1) is 0 Å². The molecular weight excluding hydrogens is 324 g/mol. The van der Waals surface area contributed by atoms with Crippen LogP contribution in [0, 0.1) is 0 Å². The largest absolute Gasteiger partial charge is 0.338 e. The zero-order valence-electron chi connectivity index (χ0n) is 15.6. The van der Waals surface area contributed by atoms with Gasteiger partial charge in [-0.1, -0.05) is 13.0 Å². The minimum atomic E-state index is 0.890. The Balaban J connectivity index is 1.38. The van der Waals surface area contributed by atoms with Crippen molar-refractivity contribution in [2.24, 2.45) is 0 Å². The van der Waals surface area contributed by atoms with Crippen molar-refractivity contribution in [3.8, 4) is 0 Å². The minimum absolute atomic E-state index is 0.890. The van der Waals surface area contributed by atoms with E-state index in [9.17, 15) is 0 Å². The van der Waals surface area contributed by atoms with Gasteiger partial charge in [-0.2, -0.15) is 0 Å². The second-order valence-electron chi connectivity index (χ2n) is 7.25. The van der Waals surface area contributed by atoms with Crippen LogP contribution in [-0.2, 0) is 19.5 Å². The lowest BCUT2D eigenvalue weighted by atomic mass is 10.1. The molecule has 0 spiro atoms. The van der Waals surface area contributed by atoms with E-state index in [1.807, 2.05) is 18.5 Å². The summed E-state index contributed by atoms with van der Waals surface area (Å²) in [6.45, 7) is 10.6. The number of hydrogen-bond acceptors (Lipinski definition) is 6. The number of hydrogen-bond donors (Lipinski definition) is 0. The van der Waals surface area contributed by atoms with Gasteiger partial charge >= 0.3 is 0 Å². The highest BCUT2D eigenvalue weighted by Gasteiger charge is 2.22. The third-order valence-electron chi connectivity index (χ3n) is 5.31. The smallest absolute Gasteiger partial charge is 0.225 e. The van der Waals surface area contributed by atoms with Gasteiger partial charge < -0.3 is 4.90 Å². The molecule has 6 nitrogen and oxygen atoms in total. The van der Waals surface area contributed by atoms with E-state index in [0.717, 1.165) is 63.9 Å². The molecule has 2 aliphatic rings. The fourth-order valence-electron chi connectivity index (χ4n) is 3.86. The van der Waals surface area contributed by atoms with E-state index in [-0.39, 0.29) is 0 Å². The summed E-state index contributed by atoms with van der Waals surface area (Å²) >= 11 is 0. The predicted octanol–water partition coefficient (Wildman–Crippen LogP) is 1.96. The molecule has 26 heavy (non-hydrogen) atoms. The van der Waals surface area contributed by atoms with E-state index < -0.39 is 0 Å². The first-order valence-electron chi connectivity index (χ1n) is 9.76. The van der Waals surface area contributed by atoms with Crippen LogP contribution in [-0.4, -0.2) is 64.0 Å². The fourth-order valence-corrected chi connectivity index (χ4v) is 3.86. The van der Waals surface area contributed by atoms with Crippen molar-refractivity contribution in [3.05, 3.63) is 47.5 Å². The molecule has 2 aromatic heterocycles. The first-order valence-corrected chi connectivity index (χ1v) is 9.76. The Labute approximate surface area is 155 Å². The zero-order chi connectivity index (χ0) is 17.8. The lowest BCUT2D eigenvalue weighted by Gasteiger charge is -2.35. The van der Waals surface area contributed by atoms with Crippen molar-refractivity contribution in [2.75, 3.05) is 44.2 Å². The van der Waals surface area contributed by atoms with Crippen LogP contribution >= 0.6 is 0 Å². The molecule has 0 bridgehead atoms. The van der Waals surface area contributed by atoms with E-state index in [1.54, 1.807) is 0 Å². The van der Waals surface area contributed by atoms with E-state index in [4.69, 9.17) is 4.98 Å². The van der Waals surface area contributed by atoms with Gasteiger partial charge in [-0.25, -0.2) is 9.97 Å². The van der Waals surface area contributed by atoms with Crippen molar-refractivity contribution in [1.82, 2.24) is 24.8 Å². The van der Waals surface area contributed by atoms with Gasteiger partial charge in [0.1, 0.15) is 0 Å². The number of rotatable bonds is 5. The first-order chi connectivity index (χ1) is 12.8. The van der Waals surface area contributed by atoms with Crippen LogP contribution in [0.2, 0.25) is 0 Å². The van der Waals surface area contributed by atoms with Crippen LogP contribution in [0.3, 0.4) is 0 Å². The summed E-state index contributed by atoms with van der Waals surface area (Å²) in [5, 5.41) is 0. The third-order valence-corrected chi connectivity index (χ3v) is 5.31. The molecule has 4 heterocycles. The standard InChI is InChI=1S/C20H28N6/c1-2-8-24-10-12-26(13-11-24)20-22-14-17-15-25(9-6-19(17)23-20)16-18-5-3-4-7-21-18/h3-5,7,14H,2,6,8-13,15-16H2,1H3. The van der Waals surface area contributed by atoms with Crippen molar-refractivity contribution in [2.45, 2.75) is 32.9 Å². The van der Waals surface area contributed by atoms with E-state index >= 15 is 0 Å². The summed E-state index contributed by atoms with van der Waals surface area (Å²) in [5.41, 5.74) is 3.61. The molecule has 0 saturated carbocycles. The number of fused-ring (bicyclic) bond motifs is 1. The number of pyridine rings is 1. The molecule has 2 aliphatic heterocycles. The fraction of sp³-hybridized carbons (Fsp3) is 0.550. The van der Waals surface area contributed by atoms with Crippen LogP contribution < -0.4 is 4.90 Å². The lowest BCUT2D eigenvalue weighted by molar-refractivity contribution is 0.239. The third kappa shape index (κ3) is 4.02. The maximum Gasteiger partial charge on any atom is 0.225 e. The normalized spacial score (nSPS) is 18.7. The molecule has 0 N–H and O–H groups in total. The summed E-state index contributed by atoms with van der Waals surface area (Å²) in [7, 11) is 0. The monoisotopic (exact) mass is 352 g/mol. The topological polar surface area (TPSA) is 48.4 Å². The second kappa shape index (κ2) is 8.10. The Morgan fingerprint density at radius 1 is 1.00 bits per heavy atom. The van der Waals surface area contributed by atoms with E-state index in [0.29, 0.717) is 0 Å². The highest BCUT2D eigenvalue weighted by molar-refractivity contribution is 5.35. The van der Waals surface area contributed by atoms with Crippen LogP contribution in [0.25, 0.3) is 0 Å². The Bertz CT molecular complexity index is 711. The maximum absolute atomic E-state index is 4.90. The molecular formula is C20H28N6. The Morgan fingerprint density at radius 3 is 2.65 bits per heavy atom. The van der Waals surface area contributed by atoms with Crippen molar-refractivity contribution < 1.29 is 0 Å². The van der Waals surface area contributed by atoms with Gasteiger partial charge in [0.15, 0.2) is 0 Å². The van der Waals surface area contributed by atoms with Gasteiger partial charge in [-0.05, 0) is 25.1 Å². The summed E-state index contributed by atoms with van der Waals surface area (Å²) in [6.07, 6.45) is 6.13. The minimum Gasteiger partial charge on any atom is -0.338 e.